The number of rotatable bonds is 3. The normalized spacial score (nSPS) is 11.1. The van der Waals surface area contributed by atoms with E-state index in [1.54, 1.807) is 11.4 Å². The highest BCUT2D eigenvalue weighted by atomic mass is 16.5. The molecule has 0 fully saturated rings. The first-order valence-electron chi connectivity index (χ1n) is 8.21. The van der Waals surface area contributed by atoms with Gasteiger partial charge in [0.15, 0.2) is 5.82 Å². The molecule has 2 aromatic heterocycles. The van der Waals surface area contributed by atoms with E-state index in [1.807, 2.05) is 61.5 Å². The van der Waals surface area contributed by atoms with Crippen molar-refractivity contribution in [2.75, 3.05) is 6.61 Å². The Hall–Kier alpha value is -3.21. The van der Waals surface area contributed by atoms with E-state index in [0.717, 1.165) is 22.0 Å². The van der Waals surface area contributed by atoms with Gasteiger partial charge in [0.05, 0.1) is 23.3 Å². The van der Waals surface area contributed by atoms with Gasteiger partial charge in [-0.1, -0.05) is 48.5 Å². The van der Waals surface area contributed by atoms with Crippen molar-refractivity contribution in [1.82, 2.24) is 14.6 Å². The molecule has 4 rings (SSSR count). The van der Waals surface area contributed by atoms with Gasteiger partial charge in [0.1, 0.15) is 5.56 Å². The molecule has 0 bridgehead atoms. The number of aryl methyl sites for hydroxylation is 1. The summed E-state index contributed by atoms with van der Waals surface area (Å²) in [7, 11) is 0. The first-order chi connectivity index (χ1) is 12.2. The Kier molecular flexibility index (Phi) is 3.69. The molecule has 0 aliphatic carbocycles. The molecular weight excluding hydrogens is 314 g/mol. The molecule has 5 heteroatoms. The van der Waals surface area contributed by atoms with Crippen LogP contribution in [0.15, 0.2) is 54.6 Å². The molecule has 4 aromatic rings. The van der Waals surface area contributed by atoms with Gasteiger partial charge in [-0.2, -0.15) is 5.10 Å². The number of carbonyl (C=O) groups is 1. The highest BCUT2D eigenvalue weighted by Gasteiger charge is 2.22. The molecule has 0 amide bonds. The lowest BCUT2D eigenvalue weighted by Gasteiger charge is -2.11. The van der Waals surface area contributed by atoms with Crippen LogP contribution in [0.3, 0.4) is 0 Å². The largest absolute Gasteiger partial charge is 0.462 e. The van der Waals surface area contributed by atoms with Crippen LogP contribution in [0.2, 0.25) is 0 Å². The van der Waals surface area contributed by atoms with E-state index >= 15 is 0 Å². The number of ether oxygens (including phenoxy) is 1. The molecule has 0 unspecified atom stereocenters. The summed E-state index contributed by atoms with van der Waals surface area (Å²) < 4.78 is 7.01. The summed E-state index contributed by atoms with van der Waals surface area (Å²) in [6.45, 7) is 3.95. The average Bonchev–Trinajstić information content (AvgIpc) is 3.01. The topological polar surface area (TPSA) is 56.5 Å². The Morgan fingerprint density at radius 3 is 2.56 bits per heavy atom. The van der Waals surface area contributed by atoms with Gasteiger partial charge in [-0.25, -0.2) is 14.3 Å². The van der Waals surface area contributed by atoms with Gasteiger partial charge in [0.25, 0.3) is 0 Å². The Morgan fingerprint density at radius 2 is 1.80 bits per heavy atom. The Balaban J connectivity index is 2.14. The molecule has 25 heavy (non-hydrogen) atoms. The second kappa shape index (κ2) is 6.02. The van der Waals surface area contributed by atoms with E-state index < -0.39 is 0 Å². The second-order valence-corrected chi connectivity index (χ2v) is 5.76. The summed E-state index contributed by atoms with van der Waals surface area (Å²) in [6.07, 6.45) is 0. The van der Waals surface area contributed by atoms with Gasteiger partial charge < -0.3 is 4.74 Å². The van der Waals surface area contributed by atoms with Crippen LogP contribution in [-0.4, -0.2) is 27.2 Å². The number of benzene rings is 2. The van der Waals surface area contributed by atoms with Crippen molar-refractivity contribution in [3.63, 3.8) is 0 Å². The van der Waals surface area contributed by atoms with E-state index in [2.05, 4.69) is 10.1 Å². The first kappa shape index (κ1) is 15.3. The third kappa shape index (κ3) is 2.45. The number of carbonyl (C=O) groups excluding carboxylic acids is 1. The number of aromatic nitrogens is 3. The van der Waals surface area contributed by atoms with Crippen LogP contribution in [0.1, 0.15) is 23.0 Å². The van der Waals surface area contributed by atoms with Crippen LogP contribution in [0.4, 0.5) is 0 Å². The molecule has 5 nitrogen and oxygen atoms in total. The van der Waals surface area contributed by atoms with Crippen molar-refractivity contribution in [1.29, 1.82) is 0 Å². The van der Waals surface area contributed by atoms with Crippen molar-refractivity contribution in [3.8, 4) is 11.4 Å². The molecule has 0 aliphatic rings. The van der Waals surface area contributed by atoms with Crippen molar-refractivity contribution in [2.45, 2.75) is 13.8 Å². The minimum absolute atomic E-state index is 0.316. The summed E-state index contributed by atoms with van der Waals surface area (Å²) in [5, 5.41) is 5.59. The zero-order valence-electron chi connectivity index (χ0n) is 14.1. The maximum Gasteiger partial charge on any atom is 0.342 e. The van der Waals surface area contributed by atoms with Crippen LogP contribution >= 0.6 is 0 Å². The fourth-order valence-corrected chi connectivity index (χ4v) is 3.08. The van der Waals surface area contributed by atoms with Crippen LogP contribution in [0.25, 0.3) is 27.8 Å². The van der Waals surface area contributed by atoms with Gasteiger partial charge in [-0.3, -0.25) is 0 Å². The number of fused-ring (bicyclic) bond motifs is 3. The summed E-state index contributed by atoms with van der Waals surface area (Å²) in [4.78, 5) is 17.2. The first-order valence-corrected chi connectivity index (χ1v) is 8.21. The van der Waals surface area contributed by atoms with Gasteiger partial charge in [-0.15, -0.1) is 0 Å². The lowest BCUT2D eigenvalue weighted by Crippen LogP contribution is -2.12. The van der Waals surface area contributed by atoms with Crippen LogP contribution < -0.4 is 0 Å². The number of nitrogens with zero attached hydrogens (tertiary/aromatic N) is 3. The summed E-state index contributed by atoms with van der Waals surface area (Å²) >= 11 is 0. The third-order valence-electron chi connectivity index (χ3n) is 4.16. The van der Waals surface area contributed by atoms with E-state index in [4.69, 9.17) is 4.74 Å². The van der Waals surface area contributed by atoms with Crippen molar-refractivity contribution >= 4 is 22.4 Å². The Labute approximate surface area is 144 Å². The molecule has 0 spiro atoms. The van der Waals surface area contributed by atoms with Crippen molar-refractivity contribution in [3.05, 3.63) is 65.9 Å². The molecule has 2 heterocycles. The minimum Gasteiger partial charge on any atom is -0.462 e. The number of esters is 1. The molecule has 0 N–H and O–H groups in total. The highest BCUT2D eigenvalue weighted by molar-refractivity contribution is 6.08. The average molecular weight is 331 g/mol. The quantitative estimate of drug-likeness (QED) is 0.532. The third-order valence-corrected chi connectivity index (χ3v) is 4.16. The van der Waals surface area contributed by atoms with E-state index in [9.17, 15) is 4.79 Å². The standard InChI is InChI=1S/C20H17N3O2/c1-3-25-20(24)17-13(2)21-19(14-9-5-4-6-10-14)23-18(17)15-11-7-8-12-16(15)22-23/h4-12H,3H2,1-2H3. The van der Waals surface area contributed by atoms with E-state index in [-0.39, 0.29) is 5.97 Å². The molecule has 2 aromatic carbocycles. The molecule has 0 saturated carbocycles. The maximum atomic E-state index is 12.6. The van der Waals surface area contributed by atoms with E-state index in [0.29, 0.717) is 23.7 Å². The van der Waals surface area contributed by atoms with Crippen molar-refractivity contribution < 1.29 is 9.53 Å². The van der Waals surface area contributed by atoms with E-state index in [1.165, 1.54) is 0 Å². The molecule has 0 aliphatic heterocycles. The monoisotopic (exact) mass is 331 g/mol. The predicted octanol–water partition coefficient (Wildman–Crippen LogP) is 4.03. The predicted molar refractivity (Wildman–Crippen MR) is 96.6 cm³/mol. The molecule has 0 radical (unpaired) electrons. The SMILES string of the molecule is CCOC(=O)c1c(C)nc(-c2ccccc2)n2nc3ccccc3c12. The Morgan fingerprint density at radius 1 is 1.08 bits per heavy atom. The summed E-state index contributed by atoms with van der Waals surface area (Å²) in [6, 6.07) is 17.6. The number of hydrogen-bond donors (Lipinski definition) is 0. The van der Waals surface area contributed by atoms with Gasteiger partial charge in [0.2, 0.25) is 0 Å². The number of hydrogen-bond acceptors (Lipinski definition) is 4. The molecule has 0 saturated heterocycles. The maximum absolute atomic E-state index is 12.6. The second-order valence-electron chi connectivity index (χ2n) is 5.76. The zero-order valence-corrected chi connectivity index (χ0v) is 14.1. The Bertz CT molecular complexity index is 1080. The smallest absolute Gasteiger partial charge is 0.342 e. The fraction of sp³-hybridized carbons (Fsp3) is 0.150. The summed E-state index contributed by atoms with van der Waals surface area (Å²) in [5.41, 5.74) is 3.60. The summed E-state index contributed by atoms with van der Waals surface area (Å²) in [5.74, 6) is 0.333. The molecule has 124 valence electrons. The van der Waals surface area contributed by atoms with Crippen LogP contribution in [0, 0.1) is 6.92 Å². The lowest BCUT2D eigenvalue weighted by atomic mass is 10.1. The highest BCUT2D eigenvalue weighted by Crippen LogP contribution is 2.29. The van der Waals surface area contributed by atoms with Gasteiger partial charge in [-0.05, 0) is 19.9 Å². The van der Waals surface area contributed by atoms with Crippen molar-refractivity contribution in [2.24, 2.45) is 0 Å². The zero-order chi connectivity index (χ0) is 17.4. The lowest BCUT2D eigenvalue weighted by molar-refractivity contribution is 0.0527. The molecule has 0 atom stereocenters. The minimum atomic E-state index is -0.372. The van der Waals surface area contributed by atoms with Crippen LogP contribution in [0.5, 0.6) is 0 Å². The fourth-order valence-electron chi connectivity index (χ4n) is 3.08. The van der Waals surface area contributed by atoms with Gasteiger partial charge in [0, 0.05) is 10.9 Å². The van der Waals surface area contributed by atoms with Gasteiger partial charge >= 0.3 is 5.97 Å². The molecular formula is C20H17N3O2. The van der Waals surface area contributed by atoms with Crippen LogP contribution in [-0.2, 0) is 4.74 Å².